The molecule has 0 amide bonds. The molecule has 0 saturated heterocycles. The second-order valence-electron chi connectivity index (χ2n) is 5.47. The average molecular weight is 327 g/mol. The standard InChI is InChI=1S/C19H21NO2S/c1-3-20(4-2)11-12-22-19(21)14-9-10-18-16(13-14)15-7-5-6-8-17(15)23-18/h5-10,13H,3-4,11-12H2,1-2H3. The van der Waals surface area contributed by atoms with E-state index < -0.39 is 0 Å². The highest BCUT2D eigenvalue weighted by molar-refractivity contribution is 7.25. The van der Waals surface area contributed by atoms with E-state index in [1.165, 1.54) is 14.8 Å². The van der Waals surface area contributed by atoms with E-state index in [-0.39, 0.29) is 5.97 Å². The Hall–Kier alpha value is -1.91. The van der Waals surface area contributed by atoms with Gasteiger partial charge in [0.25, 0.3) is 0 Å². The highest BCUT2D eigenvalue weighted by Gasteiger charge is 2.11. The molecule has 0 aliphatic rings. The van der Waals surface area contributed by atoms with Crippen LogP contribution in [-0.2, 0) is 4.74 Å². The van der Waals surface area contributed by atoms with E-state index in [4.69, 9.17) is 4.74 Å². The number of rotatable bonds is 6. The third kappa shape index (κ3) is 3.38. The van der Waals surface area contributed by atoms with Crippen LogP contribution in [0.1, 0.15) is 24.2 Å². The van der Waals surface area contributed by atoms with Crippen molar-refractivity contribution in [2.24, 2.45) is 0 Å². The normalized spacial score (nSPS) is 11.4. The first-order valence-corrected chi connectivity index (χ1v) is 8.85. The minimum atomic E-state index is -0.241. The number of fused-ring (bicyclic) bond motifs is 3. The Kier molecular flexibility index (Phi) is 4.94. The molecule has 0 saturated carbocycles. The molecule has 1 heterocycles. The maximum absolute atomic E-state index is 12.3. The Labute approximate surface area is 140 Å². The van der Waals surface area contributed by atoms with Gasteiger partial charge in [-0.25, -0.2) is 4.79 Å². The lowest BCUT2D eigenvalue weighted by Crippen LogP contribution is -2.27. The molecule has 1 aromatic heterocycles. The fourth-order valence-electron chi connectivity index (χ4n) is 2.74. The summed E-state index contributed by atoms with van der Waals surface area (Å²) in [7, 11) is 0. The minimum absolute atomic E-state index is 0.241. The molecule has 23 heavy (non-hydrogen) atoms. The lowest BCUT2D eigenvalue weighted by atomic mass is 10.1. The Morgan fingerprint density at radius 3 is 2.57 bits per heavy atom. The molecule has 4 heteroatoms. The smallest absolute Gasteiger partial charge is 0.338 e. The van der Waals surface area contributed by atoms with Gasteiger partial charge in [-0.3, -0.25) is 0 Å². The van der Waals surface area contributed by atoms with Gasteiger partial charge in [-0.1, -0.05) is 32.0 Å². The zero-order valence-corrected chi connectivity index (χ0v) is 14.4. The molecule has 0 radical (unpaired) electrons. The maximum atomic E-state index is 12.3. The summed E-state index contributed by atoms with van der Waals surface area (Å²) < 4.78 is 7.87. The fraction of sp³-hybridized carbons (Fsp3) is 0.316. The van der Waals surface area contributed by atoms with Crippen molar-refractivity contribution in [2.75, 3.05) is 26.2 Å². The zero-order valence-electron chi connectivity index (χ0n) is 13.5. The fourth-order valence-corrected chi connectivity index (χ4v) is 3.83. The van der Waals surface area contributed by atoms with E-state index in [0.29, 0.717) is 12.2 Å². The van der Waals surface area contributed by atoms with Crippen LogP contribution >= 0.6 is 11.3 Å². The second kappa shape index (κ2) is 7.11. The van der Waals surface area contributed by atoms with E-state index in [9.17, 15) is 4.79 Å². The molecular formula is C19H21NO2S. The van der Waals surface area contributed by atoms with Gasteiger partial charge in [0.1, 0.15) is 6.61 Å². The molecule has 0 spiro atoms. The summed E-state index contributed by atoms with van der Waals surface area (Å²) in [5, 5.41) is 2.33. The molecule has 0 aliphatic heterocycles. The topological polar surface area (TPSA) is 29.5 Å². The van der Waals surface area contributed by atoms with Crippen molar-refractivity contribution in [2.45, 2.75) is 13.8 Å². The van der Waals surface area contributed by atoms with Gasteiger partial charge in [-0.05, 0) is 37.4 Å². The number of carbonyl (C=O) groups excluding carboxylic acids is 1. The van der Waals surface area contributed by atoms with Crippen LogP contribution in [0.3, 0.4) is 0 Å². The summed E-state index contributed by atoms with van der Waals surface area (Å²) in [6.07, 6.45) is 0. The van der Waals surface area contributed by atoms with Crippen molar-refractivity contribution in [3.63, 3.8) is 0 Å². The molecule has 3 aromatic rings. The van der Waals surface area contributed by atoms with Gasteiger partial charge in [0.15, 0.2) is 0 Å². The molecule has 3 nitrogen and oxygen atoms in total. The first kappa shape index (κ1) is 16.0. The molecule has 0 aliphatic carbocycles. The SMILES string of the molecule is CCN(CC)CCOC(=O)c1ccc2sc3ccccc3c2c1. The highest BCUT2D eigenvalue weighted by atomic mass is 32.1. The molecule has 2 aromatic carbocycles. The van der Waals surface area contributed by atoms with Gasteiger partial charge < -0.3 is 9.64 Å². The predicted molar refractivity (Wildman–Crippen MR) is 97.4 cm³/mol. The third-order valence-corrected chi connectivity index (χ3v) is 5.30. The van der Waals surface area contributed by atoms with Gasteiger partial charge in [0.2, 0.25) is 0 Å². The number of hydrogen-bond acceptors (Lipinski definition) is 4. The van der Waals surface area contributed by atoms with Crippen LogP contribution in [0.4, 0.5) is 0 Å². The first-order valence-electron chi connectivity index (χ1n) is 8.03. The van der Waals surface area contributed by atoms with E-state index >= 15 is 0 Å². The Bertz CT molecular complexity index is 820. The largest absolute Gasteiger partial charge is 0.461 e. The van der Waals surface area contributed by atoms with Crippen LogP contribution in [0.2, 0.25) is 0 Å². The van der Waals surface area contributed by atoms with Crippen LogP contribution < -0.4 is 0 Å². The molecule has 120 valence electrons. The summed E-state index contributed by atoms with van der Waals surface area (Å²) in [6, 6.07) is 14.1. The van der Waals surface area contributed by atoms with Gasteiger partial charge in [0.05, 0.1) is 5.56 Å². The Balaban J connectivity index is 1.77. The van der Waals surface area contributed by atoms with Gasteiger partial charge in [-0.15, -0.1) is 11.3 Å². The molecule has 0 atom stereocenters. The lowest BCUT2D eigenvalue weighted by Gasteiger charge is -2.17. The summed E-state index contributed by atoms with van der Waals surface area (Å²) in [5.74, 6) is -0.241. The summed E-state index contributed by atoms with van der Waals surface area (Å²) >= 11 is 1.75. The molecule has 0 unspecified atom stereocenters. The summed E-state index contributed by atoms with van der Waals surface area (Å²) in [5.41, 5.74) is 0.626. The molecule has 0 bridgehead atoms. The maximum Gasteiger partial charge on any atom is 0.338 e. The summed E-state index contributed by atoms with van der Waals surface area (Å²) in [4.78, 5) is 14.5. The predicted octanol–water partition coefficient (Wildman–Crippen LogP) is 4.55. The van der Waals surface area contributed by atoms with E-state index in [2.05, 4.69) is 30.9 Å². The van der Waals surface area contributed by atoms with Crippen molar-refractivity contribution in [3.8, 4) is 0 Å². The van der Waals surface area contributed by atoms with E-state index in [0.717, 1.165) is 25.0 Å². The number of likely N-dealkylation sites (N-methyl/N-ethyl adjacent to an activating group) is 1. The van der Waals surface area contributed by atoms with Crippen molar-refractivity contribution >= 4 is 37.5 Å². The minimum Gasteiger partial charge on any atom is -0.461 e. The van der Waals surface area contributed by atoms with Gasteiger partial charge in [-0.2, -0.15) is 0 Å². The number of nitrogens with zero attached hydrogens (tertiary/aromatic N) is 1. The molecular weight excluding hydrogens is 306 g/mol. The van der Waals surface area contributed by atoms with Crippen LogP contribution in [0.5, 0.6) is 0 Å². The number of esters is 1. The van der Waals surface area contributed by atoms with Crippen molar-refractivity contribution in [3.05, 3.63) is 48.0 Å². The monoisotopic (exact) mass is 327 g/mol. The van der Waals surface area contributed by atoms with Crippen molar-refractivity contribution in [1.29, 1.82) is 0 Å². The van der Waals surface area contributed by atoms with E-state index in [1.54, 1.807) is 11.3 Å². The molecule has 0 N–H and O–H groups in total. The van der Waals surface area contributed by atoms with Gasteiger partial charge in [0, 0.05) is 26.7 Å². The molecule has 3 rings (SSSR count). The quantitative estimate of drug-likeness (QED) is 0.622. The number of ether oxygens (including phenoxy) is 1. The first-order chi connectivity index (χ1) is 11.2. The van der Waals surface area contributed by atoms with Gasteiger partial charge >= 0.3 is 5.97 Å². The second-order valence-corrected chi connectivity index (χ2v) is 6.56. The number of thiophene rings is 1. The van der Waals surface area contributed by atoms with Crippen molar-refractivity contribution < 1.29 is 9.53 Å². The highest BCUT2D eigenvalue weighted by Crippen LogP contribution is 2.34. The van der Waals surface area contributed by atoms with Crippen LogP contribution in [-0.4, -0.2) is 37.1 Å². The van der Waals surface area contributed by atoms with Crippen LogP contribution in [0, 0.1) is 0 Å². The number of carbonyl (C=O) groups is 1. The molecule has 0 fully saturated rings. The van der Waals surface area contributed by atoms with E-state index in [1.807, 2.05) is 30.3 Å². The Morgan fingerprint density at radius 2 is 1.78 bits per heavy atom. The van der Waals surface area contributed by atoms with Crippen LogP contribution in [0.15, 0.2) is 42.5 Å². The number of hydrogen-bond donors (Lipinski definition) is 0. The number of benzene rings is 2. The Morgan fingerprint density at radius 1 is 1.04 bits per heavy atom. The zero-order chi connectivity index (χ0) is 16.2. The summed E-state index contributed by atoms with van der Waals surface area (Å²) in [6.45, 7) is 7.38. The third-order valence-electron chi connectivity index (χ3n) is 4.15. The average Bonchev–Trinajstić information content (AvgIpc) is 2.96. The van der Waals surface area contributed by atoms with Crippen molar-refractivity contribution in [1.82, 2.24) is 4.90 Å². The van der Waals surface area contributed by atoms with Crippen LogP contribution in [0.25, 0.3) is 20.2 Å². The lowest BCUT2D eigenvalue weighted by molar-refractivity contribution is 0.0466.